The minimum atomic E-state index is -3.02. The number of sulfone groups is 1. The largest absolute Gasteiger partial charge is 0.330 e. The first-order valence-electron chi connectivity index (χ1n) is 6.48. The normalized spacial score (nSPS) is 22.2. The molecule has 1 aromatic heterocycles. The van der Waals surface area contributed by atoms with Crippen molar-refractivity contribution in [2.45, 2.75) is 25.8 Å². The van der Waals surface area contributed by atoms with E-state index in [9.17, 15) is 12.8 Å². The highest BCUT2D eigenvalue weighted by molar-refractivity contribution is 7.91. The fourth-order valence-electron chi connectivity index (χ4n) is 2.82. The fraction of sp³-hybridized carbons (Fsp3) is 0.462. The van der Waals surface area contributed by atoms with Crippen molar-refractivity contribution >= 4 is 33.1 Å². The molecule has 0 bridgehead atoms. The molecule has 1 saturated heterocycles. The van der Waals surface area contributed by atoms with E-state index < -0.39 is 9.84 Å². The van der Waals surface area contributed by atoms with Crippen molar-refractivity contribution in [3.05, 3.63) is 28.3 Å². The van der Waals surface area contributed by atoms with Crippen LogP contribution in [0.3, 0.4) is 0 Å². The topological polar surface area (TPSA) is 54.9 Å². The lowest BCUT2D eigenvalue weighted by atomic mass is 10.1. The molecule has 1 aliphatic heterocycles. The van der Waals surface area contributed by atoms with E-state index in [0.29, 0.717) is 22.3 Å². The number of fused-ring (bicyclic) bond motifs is 1. The van der Waals surface area contributed by atoms with Gasteiger partial charge in [-0.3, -0.25) is 0 Å². The first-order chi connectivity index (χ1) is 9.37. The highest BCUT2D eigenvalue weighted by Gasteiger charge is 2.27. The summed E-state index contributed by atoms with van der Waals surface area (Å²) in [5.41, 5.74) is 1.91. The zero-order valence-electron chi connectivity index (χ0n) is 11.0. The van der Waals surface area contributed by atoms with Crippen LogP contribution in [0.25, 0.3) is 11.0 Å². The Labute approximate surface area is 121 Å². The van der Waals surface area contributed by atoms with Crippen molar-refractivity contribution in [2.24, 2.45) is 0 Å². The Morgan fingerprint density at radius 1 is 1.45 bits per heavy atom. The number of aryl methyl sites for hydroxylation is 1. The molecule has 4 nitrogen and oxygen atoms in total. The van der Waals surface area contributed by atoms with E-state index >= 15 is 0 Å². The average molecular weight is 314 g/mol. The Morgan fingerprint density at radius 3 is 2.90 bits per heavy atom. The van der Waals surface area contributed by atoms with Gasteiger partial charge in [0.15, 0.2) is 14.6 Å². The molecule has 0 radical (unpaired) electrons. The van der Waals surface area contributed by atoms with Crippen LogP contribution in [0.4, 0.5) is 4.39 Å². The Bertz CT molecular complexity index is 836. The maximum Gasteiger partial charge on any atom is 0.178 e. The number of aromatic nitrogens is 2. The Balaban J connectivity index is 2.18. The van der Waals surface area contributed by atoms with Gasteiger partial charge in [0.1, 0.15) is 5.82 Å². The summed E-state index contributed by atoms with van der Waals surface area (Å²) in [5.74, 6) is 0.0505. The molecule has 1 N–H and O–H groups in total. The van der Waals surface area contributed by atoms with Crippen LogP contribution >= 0.6 is 12.2 Å². The second-order valence-electron chi connectivity index (χ2n) is 5.33. The van der Waals surface area contributed by atoms with Crippen LogP contribution < -0.4 is 0 Å². The molecule has 0 amide bonds. The van der Waals surface area contributed by atoms with Crippen molar-refractivity contribution in [2.75, 3.05) is 11.5 Å². The molecule has 1 aromatic carbocycles. The minimum Gasteiger partial charge on any atom is -0.330 e. The van der Waals surface area contributed by atoms with E-state index in [0.717, 1.165) is 11.9 Å². The molecule has 1 unspecified atom stereocenters. The van der Waals surface area contributed by atoms with Gasteiger partial charge in [-0.15, -0.1) is 0 Å². The third kappa shape index (κ3) is 2.29. The number of hydrogen-bond acceptors (Lipinski definition) is 3. The lowest BCUT2D eigenvalue weighted by molar-refractivity contribution is 0.475. The predicted octanol–water partition coefficient (Wildman–Crippen LogP) is 2.90. The Morgan fingerprint density at radius 2 is 2.20 bits per heavy atom. The molecular weight excluding hydrogens is 299 g/mol. The summed E-state index contributed by atoms with van der Waals surface area (Å²) < 4.78 is 39.5. The third-order valence-electron chi connectivity index (χ3n) is 3.80. The molecule has 0 aliphatic carbocycles. The van der Waals surface area contributed by atoms with E-state index in [4.69, 9.17) is 12.2 Å². The second-order valence-corrected chi connectivity index (χ2v) is 7.94. The summed E-state index contributed by atoms with van der Waals surface area (Å²) in [6.07, 6.45) is 1.42. The zero-order valence-corrected chi connectivity index (χ0v) is 12.7. The van der Waals surface area contributed by atoms with Gasteiger partial charge in [0.05, 0.1) is 28.6 Å². The van der Waals surface area contributed by atoms with Crippen LogP contribution in [0.1, 0.15) is 24.4 Å². The summed E-state index contributed by atoms with van der Waals surface area (Å²) in [6.45, 7) is 1.69. The highest BCUT2D eigenvalue weighted by atomic mass is 32.2. The standard InChI is InChI=1S/C13H15FN2O2S2/c1-8-5-12-11(6-10(8)14)15-13(19)16(12)9-3-2-4-20(17,18)7-9/h5-6,9H,2-4,7H2,1H3,(H,15,19). The van der Waals surface area contributed by atoms with Gasteiger partial charge in [0.25, 0.3) is 0 Å². The number of imidazole rings is 1. The van der Waals surface area contributed by atoms with Gasteiger partial charge < -0.3 is 9.55 Å². The Kier molecular flexibility index (Phi) is 3.21. The van der Waals surface area contributed by atoms with Crippen LogP contribution in [0.2, 0.25) is 0 Å². The number of halogens is 1. The van der Waals surface area contributed by atoms with Gasteiger partial charge in [0, 0.05) is 0 Å². The predicted molar refractivity (Wildman–Crippen MR) is 78.7 cm³/mol. The van der Waals surface area contributed by atoms with Gasteiger partial charge in [-0.05, 0) is 49.7 Å². The van der Waals surface area contributed by atoms with Crippen LogP contribution in [0, 0.1) is 17.5 Å². The number of aromatic amines is 1. The number of nitrogens with one attached hydrogen (secondary N) is 1. The number of H-pyrrole nitrogens is 1. The molecule has 3 rings (SSSR count). The highest BCUT2D eigenvalue weighted by Crippen LogP contribution is 2.28. The van der Waals surface area contributed by atoms with Crippen LogP contribution in [-0.2, 0) is 9.84 Å². The third-order valence-corrected chi connectivity index (χ3v) is 5.90. The van der Waals surface area contributed by atoms with Gasteiger partial charge >= 0.3 is 0 Å². The summed E-state index contributed by atoms with van der Waals surface area (Å²) in [4.78, 5) is 2.96. The van der Waals surface area contributed by atoms with Crippen molar-refractivity contribution in [3.63, 3.8) is 0 Å². The molecule has 2 aromatic rings. The molecule has 7 heteroatoms. The SMILES string of the molecule is Cc1cc2c(cc1F)[nH]c(=S)n2C1CCCS(=O)(=O)C1. The number of benzene rings is 1. The summed E-state index contributed by atoms with van der Waals surface area (Å²) in [7, 11) is -3.02. The Hall–Kier alpha value is -1.21. The van der Waals surface area contributed by atoms with Crippen molar-refractivity contribution in [1.29, 1.82) is 0 Å². The molecule has 1 atom stereocenters. The van der Waals surface area contributed by atoms with E-state index in [1.54, 1.807) is 13.0 Å². The molecule has 108 valence electrons. The van der Waals surface area contributed by atoms with Gasteiger partial charge in [0.2, 0.25) is 0 Å². The lowest BCUT2D eigenvalue weighted by Crippen LogP contribution is -2.27. The van der Waals surface area contributed by atoms with Crippen molar-refractivity contribution in [3.8, 4) is 0 Å². The summed E-state index contributed by atoms with van der Waals surface area (Å²) in [6, 6.07) is 2.96. The van der Waals surface area contributed by atoms with Crippen LogP contribution in [-0.4, -0.2) is 29.5 Å². The first-order valence-corrected chi connectivity index (χ1v) is 8.71. The monoisotopic (exact) mass is 314 g/mol. The molecule has 1 fully saturated rings. The molecule has 20 heavy (non-hydrogen) atoms. The smallest absolute Gasteiger partial charge is 0.178 e. The van der Waals surface area contributed by atoms with Crippen molar-refractivity contribution in [1.82, 2.24) is 9.55 Å². The van der Waals surface area contributed by atoms with E-state index in [-0.39, 0.29) is 23.4 Å². The van der Waals surface area contributed by atoms with Gasteiger partial charge in [-0.25, -0.2) is 12.8 Å². The maximum atomic E-state index is 13.6. The van der Waals surface area contributed by atoms with Crippen LogP contribution in [0.15, 0.2) is 12.1 Å². The van der Waals surface area contributed by atoms with E-state index in [1.165, 1.54) is 6.07 Å². The minimum absolute atomic E-state index is 0.102. The number of rotatable bonds is 1. The quantitative estimate of drug-likeness (QED) is 0.824. The van der Waals surface area contributed by atoms with Crippen molar-refractivity contribution < 1.29 is 12.8 Å². The second kappa shape index (κ2) is 4.66. The molecule has 2 heterocycles. The van der Waals surface area contributed by atoms with Gasteiger partial charge in [-0.2, -0.15) is 0 Å². The first kappa shape index (κ1) is 13.8. The number of nitrogens with zero attached hydrogens (tertiary/aromatic N) is 1. The zero-order chi connectivity index (χ0) is 14.5. The summed E-state index contributed by atoms with van der Waals surface area (Å²) in [5, 5.41) is 0. The molecule has 0 spiro atoms. The van der Waals surface area contributed by atoms with E-state index in [1.807, 2.05) is 4.57 Å². The van der Waals surface area contributed by atoms with Crippen LogP contribution in [0.5, 0.6) is 0 Å². The van der Waals surface area contributed by atoms with E-state index in [2.05, 4.69) is 4.98 Å². The lowest BCUT2D eigenvalue weighted by Gasteiger charge is -2.24. The molecular formula is C13H15FN2O2S2. The average Bonchev–Trinajstić information content (AvgIpc) is 2.64. The number of hydrogen-bond donors (Lipinski definition) is 1. The van der Waals surface area contributed by atoms with Gasteiger partial charge in [-0.1, -0.05) is 0 Å². The maximum absolute atomic E-state index is 13.6. The fourth-order valence-corrected chi connectivity index (χ4v) is 4.85. The summed E-state index contributed by atoms with van der Waals surface area (Å²) >= 11 is 5.29. The molecule has 0 saturated carbocycles. The molecule has 1 aliphatic rings.